The van der Waals surface area contributed by atoms with Crippen LogP contribution in [0.5, 0.6) is 11.6 Å². The van der Waals surface area contributed by atoms with Gasteiger partial charge in [0.2, 0.25) is 17.7 Å². The van der Waals surface area contributed by atoms with Crippen molar-refractivity contribution < 1.29 is 46.9 Å². The summed E-state index contributed by atoms with van der Waals surface area (Å²) < 4.78 is 43.8. The molecule has 0 radical (unpaired) electrons. The van der Waals surface area contributed by atoms with Crippen molar-refractivity contribution in [2.75, 3.05) is 18.9 Å². The van der Waals surface area contributed by atoms with Gasteiger partial charge < -0.3 is 34.9 Å². The molecule has 0 spiro atoms. The number of carboxylic acids is 1. The maximum absolute atomic E-state index is 14.1. The van der Waals surface area contributed by atoms with E-state index in [2.05, 4.69) is 15.6 Å². The van der Waals surface area contributed by atoms with Crippen molar-refractivity contribution in [3.63, 3.8) is 0 Å². The fourth-order valence-corrected chi connectivity index (χ4v) is 8.62. The van der Waals surface area contributed by atoms with Crippen LogP contribution in [-0.2, 0) is 29.0 Å². The second-order valence-corrected chi connectivity index (χ2v) is 16.4. The van der Waals surface area contributed by atoms with E-state index in [9.17, 15) is 32.7 Å². The second kappa shape index (κ2) is 15.7. The number of hydrogen-bond donors (Lipinski definition) is 3. The number of nitrogens with one attached hydrogen (secondary N) is 2. The van der Waals surface area contributed by atoms with Crippen molar-refractivity contribution in [1.29, 1.82) is 0 Å². The zero-order valence-corrected chi connectivity index (χ0v) is 30.5. The van der Waals surface area contributed by atoms with Gasteiger partial charge in [-0.05, 0) is 70.4 Å². The summed E-state index contributed by atoms with van der Waals surface area (Å²) >= 11 is 0. The molecule has 3 amide bonds. The number of nitrogens with zero attached hydrogens (tertiary/aromatic N) is 2. The summed E-state index contributed by atoms with van der Waals surface area (Å²) in [4.78, 5) is 59.4. The van der Waals surface area contributed by atoms with E-state index < -0.39 is 57.4 Å². The number of alkyl carbamates (subject to hydrolysis) is 1. The number of benzene rings is 1. The van der Waals surface area contributed by atoms with Crippen LogP contribution in [0.1, 0.15) is 84.5 Å². The molecule has 0 bridgehead atoms. The van der Waals surface area contributed by atoms with Crippen molar-refractivity contribution in [2.45, 2.75) is 119 Å². The van der Waals surface area contributed by atoms with Gasteiger partial charge in [-0.2, -0.15) is 0 Å². The van der Waals surface area contributed by atoms with Gasteiger partial charge >= 0.3 is 12.1 Å². The molecule has 14 nitrogen and oxygen atoms in total. The number of carbonyl (C=O) groups is 4. The van der Waals surface area contributed by atoms with Crippen LogP contribution in [-0.4, -0.2) is 96.0 Å². The number of aromatic nitrogens is 1. The second-order valence-electron chi connectivity index (χ2n) is 14.1. The van der Waals surface area contributed by atoms with Crippen LogP contribution < -0.4 is 20.1 Å². The summed E-state index contributed by atoms with van der Waals surface area (Å²) in [5.41, 5.74) is -1.29. The lowest BCUT2D eigenvalue weighted by atomic mass is 10.0. The SMILES string of the molecule is CCOc1cc(O[C@@H]2C[C@H]3C(=O)N[C@]4(C(=O)O)C[C@H]4/C=C\CCCC[C@H](NC(=O)OC4CCCC4)CC(=O)N3C2)c2cccc(S(=O)(=O)CC)c2n1. The lowest BCUT2D eigenvalue weighted by Gasteiger charge is -2.27. The van der Waals surface area contributed by atoms with E-state index in [0.717, 1.165) is 32.1 Å². The number of fused-ring (bicyclic) bond motifs is 3. The molecule has 2 aliphatic heterocycles. The first-order valence-corrected chi connectivity index (χ1v) is 20.0. The molecule has 3 fully saturated rings. The van der Waals surface area contributed by atoms with E-state index in [1.165, 1.54) is 11.0 Å². The van der Waals surface area contributed by atoms with Gasteiger partial charge in [0.05, 0.1) is 29.3 Å². The topological polar surface area (TPSA) is 191 Å². The van der Waals surface area contributed by atoms with E-state index in [0.29, 0.717) is 24.6 Å². The normalized spacial score (nSPS) is 27.8. The van der Waals surface area contributed by atoms with Crippen LogP contribution in [0.2, 0.25) is 0 Å². The number of hydrogen-bond acceptors (Lipinski definition) is 10. The van der Waals surface area contributed by atoms with E-state index in [4.69, 9.17) is 14.2 Å². The first kappa shape index (κ1) is 37.4. The predicted molar refractivity (Wildman–Crippen MR) is 190 cm³/mol. The number of aliphatic carboxylic acids is 1. The summed E-state index contributed by atoms with van der Waals surface area (Å²) in [7, 11) is -3.67. The summed E-state index contributed by atoms with van der Waals surface area (Å²) in [6.07, 6.45) is 8.81. The standard InChI is InChI=1S/C37H48N4O10S/c1-3-49-31-20-29(27-16-11-17-30(33(27)39-31)52(47,48)4-2)50-26-19-28-34(43)40-37(35(44)45)21-23(37)12-7-5-6-8-13-24(18-32(42)41(28)22-26)38-36(46)51-25-14-9-10-15-25/h7,11-12,16-17,20,23-26,28H,3-6,8-10,13-15,18-19,21-22H2,1-2H3,(H,38,46)(H,40,43)(H,44,45)/b12-7-/t23-,24+,26-,28+,37-/m1/s1. The number of allylic oxidation sites excluding steroid dienone is 1. The third-order valence-electron chi connectivity index (χ3n) is 10.5. The van der Waals surface area contributed by atoms with Crippen LogP contribution in [0.15, 0.2) is 41.3 Å². The van der Waals surface area contributed by atoms with Gasteiger partial charge in [0.1, 0.15) is 29.5 Å². The minimum atomic E-state index is -3.67. The molecule has 15 heteroatoms. The summed E-state index contributed by atoms with van der Waals surface area (Å²) in [6.45, 7) is 3.57. The van der Waals surface area contributed by atoms with Crippen LogP contribution in [0.3, 0.4) is 0 Å². The average molecular weight is 741 g/mol. The molecule has 1 saturated heterocycles. The third-order valence-corrected chi connectivity index (χ3v) is 12.3. The van der Waals surface area contributed by atoms with Crippen LogP contribution >= 0.6 is 0 Å². The van der Waals surface area contributed by atoms with Crippen molar-refractivity contribution in [1.82, 2.24) is 20.5 Å². The molecular formula is C37H48N4O10S. The van der Waals surface area contributed by atoms with Gasteiger partial charge in [-0.1, -0.05) is 31.6 Å². The zero-order chi connectivity index (χ0) is 37.0. The fourth-order valence-electron chi connectivity index (χ4n) is 7.57. The summed E-state index contributed by atoms with van der Waals surface area (Å²) in [5.74, 6) is -2.24. The summed E-state index contributed by atoms with van der Waals surface area (Å²) in [6, 6.07) is 4.72. The van der Waals surface area contributed by atoms with Gasteiger partial charge in [-0.3, -0.25) is 9.59 Å². The van der Waals surface area contributed by atoms with Gasteiger partial charge in [0.15, 0.2) is 9.84 Å². The lowest BCUT2D eigenvalue weighted by Crippen LogP contribution is -2.53. The number of ether oxygens (including phenoxy) is 3. The van der Waals surface area contributed by atoms with E-state index in [1.54, 1.807) is 32.0 Å². The number of pyridine rings is 1. The molecule has 282 valence electrons. The van der Waals surface area contributed by atoms with Crippen molar-refractivity contribution in [2.24, 2.45) is 5.92 Å². The molecule has 3 heterocycles. The molecule has 52 heavy (non-hydrogen) atoms. The molecule has 3 N–H and O–H groups in total. The number of para-hydroxylation sites is 1. The highest BCUT2D eigenvalue weighted by molar-refractivity contribution is 7.91. The number of sulfone groups is 1. The fraction of sp³-hybridized carbons (Fsp3) is 0.595. The van der Waals surface area contributed by atoms with Gasteiger partial charge in [-0.25, -0.2) is 23.0 Å². The van der Waals surface area contributed by atoms with Crippen molar-refractivity contribution >= 4 is 44.6 Å². The Hall–Kier alpha value is -4.40. The highest BCUT2D eigenvalue weighted by Gasteiger charge is 2.61. The number of amides is 3. The Morgan fingerprint density at radius 3 is 2.60 bits per heavy atom. The number of carbonyl (C=O) groups excluding carboxylic acids is 3. The summed E-state index contributed by atoms with van der Waals surface area (Å²) in [5, 5.41) is 16.2. The van der Waals surface area contributed by atoms with Gasteiger partial charge in [-0.15, -0.1) is 0 Å². The third kappa shape index (κ3) is 8.13. The Kier molecular flexibility index (Phi) is 11.3. The monoisotopic (exact) mass is 740 g/mol. The molecule has 4 aliphatic rings. The first-order chi connectivity index (χ1) is 24.9. The average Bonchev–Trinajstić information content (AvgIpc) is 3.38. The van der Waals surface area contributed by atoms with Crippen LogP contribution in [0, 0.1) is 5.92 Å². The molecule has 1 aromatic carbocycles. The largest absolute Gasteiger partial charge is 0.488 e. The molecule has 2 aliphatic carbocycles. The number of carboxylic acid groups (broad SMARTS) is 1. The maximum atomic E-state index is 14.1. The quantitative estimate of drug-likeness (QED) is 0.311. The molecule has 5 atom stereocenters. The molecule has 2 saturated carbocycles. The Bertz CT molecular complexity index is 1830. The number of rotatable bonds is 9. The highest BCUT2D eigenvalue weighted by atomic mass is 32.2. The maximum Gasteiger partial charge on any atom is 0.407 e. The molecular weight excluding hydrogens is 692 g/mol. The van der Waals surface area contributed by atoms with Crippen LogP contribution in [0.4, 0.5) is 4.79 Å². The molecule has 0 unspecified atom stereocenters. The predicted octanol–water partition coefficient (Wildman–Crippen LogP) is 4.29. The van der Waals surface area contributed by atoms with Crippen LogP contribution in [0.25, 0.3) is 10.9 Å². The molecule has 2 aromatic rings. The Balaban J connectivity index is 1.30. The van der Waals surface area contributed by atoms with Crippen molar-refractivity contribution in [3.8, 4) is 11.6 Å². The van der Waals surface area contributed by atoms with E-state index in [1.807, 2.05) is 12.2 Å². The zero-order valence-electron chi connectivity index (χ0n) is 29.7. The highest BCUT2D eigenvalue weighted by Crippen LogP contribution is 2.45. The Labute approximate surface area is 303 Å². The molecule has 1 aromatic heterocycles. The van der Waals surface area contributed by atoms with E-state index >= 15 is 0 Å². The van der Waals surface area contributed by atoms with Crippen molar-refractivity contribution in [3.05, 3.63) is 36.4 Å². The van der Waals surface area contributed by atoms with E-state index in [-0.39, 0.29) is 72.2 Å². The first-order valence-electron chi connectivity index (χ1n) is 18.4. The minimum absolute atomic E-state index is 0.0136. The van der Waals surface area contributed by atoms with Gasteiger partial charge in [0, 0.05) is 36.3 Å². The van der Waals surface area contributed by atoms with Gasteiger partial charge in [0.25, 0.3) is 0 Å². The lowest BCUT2D eigenvalue weighted by molar-refractivity contribution is -0.145. The Morgan fingerprint density at radius 1 is 1.10 bits per heavy atom. The smallest absolute Gasteiger partial charge is 0.407 e. The minimum Gasteiger partial charge on any atom is -0.488 e. The molecule has 6 rings (SSSR count). The Morgan fingerprint density at radius 2 is 1.87 bits per heavy atom.